The highest BCUT2D eigenvalue weighted by atomic mass is 79.9. The number of hydrogen-bond acceptors (Lipinski definition) is 5. The van der Waals surface area contributed by atoms with Crippen molar-refractivity contribution in [2.75, 3.05) is 5.73 Å². The smallest absolute Gasteiger partial charge is 0.345 e. The van der Waals surface area contributed by atoms with Crippen molar-refractivity contribution in [2.45, 2.75) is 0 Å². The molecule has 0 saturated heterocycles. The molecule has 2 N–H and O–H groups in total. The lowest BCUT2D eigenvalue weighted by molar-refractivity contribution is 0.563. The van der Waals surface area contributed by atoms with Gasteiger partial charge in [-0.2, -0.15) is 0 Å². The van der Waals surface area contributed by atoms with Gasteiger partial charge in [0.05, 0.1) is 17.0 Å². The van der Waals surface area contributed by atoms with Gasteiger partial charge in [-0.05, 0) is 24.3 Å². The Labute approximate surface area is 151 Å². The Morgan fingerprint density at radius 1 is 0.880 bits per heavy atom. The zero-order valence-electron chi connectivity index (χ0n) is 12.9. The largest absolute Gasteiger partial charge is 0.422 e. The van der Waals surface area contributed by atoms with Crippen LogP contribution in [0.2, 0.25) is 0 Å². The minimum absolute atomic E-state index is 0.0933. The number of fused-ring (bicyclic) bond motifs is 1. The second-order valence-electron chi connectivity index (χ2n) is 5.46. The molecule has 122 valence electrons. The summed E-state index contributed by atoms with van der Waals surface area (Å²) in [5.41, 5.74) is 8.21. The summed E-state index contributed by atoms with van der Waals surface area (Å²) in [5, 5.41) is 0.816. The summed E-state index contributed by atoms with van der Waals surface area (Å²) in [6.45, 7) is 0. The fourth-order valence-corrected chi connectivity index (χ4v) is 3.14. The molecular formula is C19H12BrN3O2. The van der Waals surface area contributed by atoms with Crippen molar-refractivity contribution in [2.24, 2.45) is 0 Å². The van der Waals surface area contributed by atoms with Gasteiger partial charge in [0.2, 0.25) is 5.95 Å². The molecule has 2 heterocycles. The highest BCUT2D eigenvalue weighted by Crippen LogP contribution is 2.29. The predicted molar refractivity (Wildman–Crippen MR) is 101 cm³/mol. The molecule has 0 atom stereocenters. The zero-order chi connectivity index (χ0) is 17.4. The van der Waals surface area contributed by atoms with Crippen LogP contribution in [0.1, 0.15) is 0 Å². The quantitative estimate of drug-likeness (QED) is 0.514. The molecule has 0 bridgehead atoms. The third kappa shape index (κ3) is 2.92. The number of nitrogens with two attached hydrogens (primary N) is 1. The van der Waals surface area contributed by atoms with E-state index in [4.69, 9.17) is 10.2 Å². The van der Waals surface area contributed by atoms with Crippen LogP contribution in [0.25, 0.3) is 33.5 Å². The van der Waals surface area contributed by atoms with E-state index in [2.05, 4.69) is 25.9 Å². The number of halogens is 1. The van der Waals surface area contributed by atoms with Crippen molar-refractivity contribution in [3.05, 3.63) is 75.6 Å². The third-order valence-electron chi connectivity index (χ3n) is 3.81. The average molecular weight is 394 g/mol. The third-order valence-corrected chi connectivity index (χ3v) is 4.50. The fraction of sp³-hybridized carbons (Fsp3) is 0. The number of rotatable bonds is 2. The minimum atomic E-state index is -0.463. The Morgan fingerprint density at radius 2 is 1.56 bits per heavy atom. The van der Waals surface area contributed by atoms with Gasteiger partial charge in [0.15, 0.2) is 0 Å². The Balaban J connectivity index is 1.94. The average Bonchev–Trinajstić information content (AvgIpc) is 2.61. The van der Waals surface area contributed by atoms with Gasteiger partial charge in [0.1, 0.15) is 5.58 Å². The van der Waals surface area contributed by atoms with E-state index in [1.54, 1.807) is 18.2 Å². The summed E-state index contributed by atoms with van der Waals surface area (Å²) in [4.78, 5) is 20.9. The molecule has 5 nitrogen and oxygen atoms in total. The predicted octanol–water partition coefficient (Wildman–Crippen LogP) is 4.26. The van der Waals surface area contributed by atoms with Crippen LogP contribution in [0.3, 0.4) is 0 Å². The van der Waals surface area contributed by atoms with Crippen LogP contribution in [0.5, 0.6) is 0 Å². The summed E-state index contributed by atoms with van der Waals surface area (Å²) in [7, 11) is 0. The summed E-state index contributed by atoms with van der Waals surface area (Å²) in [6.07, 6.45) is 0. The van der Waals surface area contributed by atoms with Crippen LogP contribution in [-0.2, 0) is 0 Å². The normalized spacial score (nSPS) is 10.9. The molecule has 25 heavy (non-hydrogen) atoms. The summed E-state index contributed by atoms with van der Waals surface area (Å²) >= 11 is 3.50. The van der Waals surface area contributed by atoms with Gasteiger partial charge < -0.3 is 10.2 Å². The Hall–Kier alpha value is -2.99. The molecule has 0 aliphatic heterocycles. The van der Waals surface area contributed by atoms with E-state index < -0.39 is 5.63 Å². The number of para-hydroxylation sites is 1. The molecular weight excluding hydrogens is 382 g/mol. The molecule has 4 rings (SSSR count). The van der Waals surface area contributed by atoms with Crippen LogP contribution in [0.15, 0.2) is 74.3 Å². The highest BCUT2D eigenvalue weighted by Gasteiger charge is 2.13. The molecule has 4 aromatic rings. The van der Waals surface area contributed by atoms with Crippen LogP contribution in [-0.4, -0.2) is 9.97 Å². The van der Waals surface area contributed by atoms with Crippen molar-refractivity contribution in [1.82, 2.24) is 9.97 Å². The first-order valence-electron chi connectivity index (χ1n) is 7.54. The molecule has 0 unspecified atom stereocenters. The van der Waals surface area contributed by atoms with Crippen LogP contribution in [0, 0.1) is 0 Å². The summed E-state index contributed by atoms with van der Waals surface area (Å²) < 4.78 is 6.27. The second-order valence-corrected chi connectivity index (χ2v) is 6.32. The fourth-order valence-electron chi connectivity index (χ4n) is 2.65. The molecule has 0 saturated carbocycles. The van der Waals surface area contributed by atoms with Gasteiger partial charge >= 0.3 is 5.63 Å². The van der Waals surface area contributed by atoms with Crippen molar-refractivity contribution in [1.29, 1.82) is 0 Å². The first-order chi connectivity index (χ1) is 12.1. The molecule has 0 radical (unpaired) electrons. The van der Waals surface area contributed by atoms with E-state index in [1.807, 2.05) is 42.5 Å². The van der Waals surface area contributed by atoms with E-state index in [-0.39, 0.29) is 5.95 Å². The monoisotopic (exact) mass is 393 g/mol. The van der Waals surface area contributed by atoms with Crippen molar-refractivity contribution < 1.29 is 4.42 Å². The first-order valence-corrected chi connectivity index (χ1v) is 8.34. The minimum Gasteiger partial charge on any atom is -0.422 e. The number of aromatic nitrogens is 2. The standard InChI is InChI=1S/C19H12BrN3O2/c20-14-7-3-2-6-12(14)15-10-16(23-19(21)22-15)13-9-11-5-1-4-8-17(11)25-18(13)24/h1-10H,(H2,21,22,23). The van der Waals surface area contributed by atoms with Gasteiger partial charge in [-0.3, -0.25) is 0 Å². The molecule has 0 fully saturated rings. The van der Waals surface area contributed by atoms with Crippen molar-refractivity contribution >= 4 is 32.8 Å². The van der Waals surface area contributed by atoms with Gasteiger partial charge in [-0.25, -0.2) is 14.8 Å². The number of hydrogen-bond donors (Lipinski definition) is 1. The lowest BCUT2D eigenvalue weighted by Crippen LogP contribution is -2.06. The van der Waals surface area contributed by atoms with E-state index in [0.717, 1.165) is 15.4 Å². The maximum absolute atomic E-state index is 12.4. The molecule has 0 aliphatic carbocycles. The van der Waals surface area contributed by atoms with Gasteiger partial charge in [0, 0.05) is 15.4 Å². The molecule has 0 aliphatic rings. The summed E-state index contributed by atoms with van der Waals surface area (Å²) in [5.74, 6) is 0.0933. The lowest BCUT2D eigenvalue weighted by Gasteiger charge is -2.08. The first kappa shape index (κ1) is 15.5. The number of nitrogens with zero attached hydrogens (tertiary/aromatic N) is 2. The lowest BCUT2D eigenvalue weighted by atomic mass is 10.1. The van der Waals surface area contributed by atoms with E-state index in [9.17, 15) is 4.79 Å². The molecule has 2 aromatic carbocycles. The maximum atomic E-state index is 12.4. The molecule has 0 amide bonds. The zero-order valence-corrected chi connectivity index (χ0v) is 14.5. The van der Waals surface area contributed by atoms with E-state index in [0.29, 0.717) is 22.5 Å². The Morgan fingerprint density at radius 3 is 2.36 bits per heavy atom. The molecule has 6 heteroatoms. The van der Waals surface area contributed by atoms with Crippen LogP contribution in [0.4, 0.5) is 5.95 Å². The van der Waals surface area contributed by atoms with Crippen LogP contribution < -0.4 is 11.4 Å². The Bertz CT molecular complexity index is 1150. The topological polar surface area (TPSA) is 82.0 Å². The highest BCUT2D eigenvalue weighted by molar-refractivity contribution is 9.10. The summed E-state index contributed by atoms with van der Waals surface area (Å²) in [6, 6.07) is 18.5. The SMILES string of the molecule is Nc1nc(-c2ccccc2Br)cc(-c2cc3ccccc3oc2=O)n1. The molecule has 2 aromatic heterocycles. The van der Waals surface area contributed by atoms with Crippen LogP contribution >= 0.6 is 15.9 Å². The van der Waals surface area contributed by atoms with Crippen molar-refractivity contribution in [3.63, 3.8) is 0 Å². The van der Waals surface area contributed by atoms with Crippen molar-refractivity contribution in [3.8, 4) is 22.5 Å². The number of benzene rings is 2. The maximum Gasteiger partial charge on any atom is 0.345 e. The number of nitrogen functional groups attached to an aromatic ring is 1. The number of anilines is 1. The molecule has 0 spiro atoms. The van der Waals surface area contributed by atoms with E-state index >= 15 is 0 Å². The van der Waals surface area contributed by atoms with Gasteiger partial charge in [0.25, 0.3) is 0 Å². The Kier molecular flexibility index (Phi) is 3.82. The van der Waals surface area contributed by atoms with Gasteiger partial charge in [-0.15, -0.1) is 0 Å². The van der Waals surface area contributed by atoms with Gasteiger partial charge in [-0.1, -0.05) is 52.3 Å². The van der Waals surface area contributed by atoms with E-state index in [1.165, 1.54) is 0 Å². The second kappa shape index (κ2) is 6.14.